The third-order valence-corrected chi connectivity index (χ3v) is 2.60. The predicted octanol–water partition coefficient (Wildman–Crippen LogP) is 0.673. The maximum atomic E-state index is 10.8. The van der Waals surface area contributed by atoms with Crippen LogP contribution in [0.2, 0.25) is 0 Å². The molecule has 0 aliphatic carbocycles. The van der Waals surface area contributed by atoms with E-state index in [0.717, 1.165) is 13.1 Å². The van der Waals surface area contributed by atoms with Crippen molar-refractivity contribution in [2.75, 3.05) is 24.6 Å². The average Bonchev–Trinajstić information content (AvgIpc) is 2.67. The van der Waals surface area contributed by atoms with Gasteiger partial charge in [-0.3, -0.25) is 9.69 Å². The van der Waals surface area contributed by atoms with Gasteiger partial charge >= 0.3 is 0 Å². The molecular weight excluding hydrogens is 279 g/mol. The number of alkyl halides is 1. The van der Waals surface area contributed by atoms with Crippen molar-refractivity contribution in [2.45, 2.75) is 25.4 Å². The van der Waals surface area contributed by atoms with Gasteiger partial charge in [0.05, 0.1) is 6.54 Å². The van der Waals surface area contributed by atoms with Crippen LogP contribution in [-0.4, -0.2) is 47.3 Å². The number of nitrogens with zero attached hydrogens (tertiary/aromatic N) is 1. The highest BCUT2D eigenvalue weighted by Gasteiger charge is 2.37. The largest absolute Gasteiger partial charge is 0.311 e. The SMILES string of the molecule is CC(=O)CN1CC2CC1CN2.CI. The number of carbonyl (C=O) groups is 1. The number of carbonyl (C=O) groups excluding carboxylic acids is 1. The number of ketones is 1. The maximum absolute atomic E-state index is 10.8. The molecule has 2 unspecified atom stereocenters. The Bertz CT molecular complexity index is 186. The van der Waals surface area contributed by atoms with E-state index in [-0.39, 0.29) is 5.78 Å². The number of hydrogen-bond donors (Lipinski definition) is 1. The molecule has 0 spiro atoms. The Morgan fingerprint density at radius 3 is 2.69 bits per heavy atom. The molecule has 0 saturated carbocycles. The van der Waals surface area contributed by atoms with Gasteiger partial charge in [0.2, 0.25) is 0 Å². The van der Waals surface area contributed by atoms with Crippen LogP contribution < -0.4 is 5.32 Å². The Hall–Kier alpha value is 0.320. The van der Waals surface area contributed by atoms with E-state index in [4.69, 9.17) is 0 Å². The zero-order valence-electron chi connectivity index (χ0n) is 8.22. The van der Waals surface area contributed by atoms with Crippen LogP contribution >= 0.6 is 22.6 Å². The lowest BCUT2D eigenvalue weighted by molar-refractivity contribution is -0.118. The zero-order valence-corrected chi connectivity index (χ0v) is 10.4. The number of halogens is 1. The van der Waals surface area contributed by atoms with Crippen molar-refractivity contribution in [3.63, 3.8) is 0 Å². The first-order valence-electron chi connectivity index (χ1n) is 4.60. The first kappa shape index (κ1) is 11.4. The predicted molar refractivity (Wildman–Crippen MR) is 62.4 cm³/mol. The molecule has 2 fully saturated rings. The topological polar surface area (TPSA) is 32.3 Å². The Morgan fingerprint density at radius 2 is 2.31 bits per heavy atom. The molecule has 2 aliphatic heterocycles. The molecule has 4 heteroatoms. The number of rotatable bonds is 2. The Balaban J connectivity index is 0.000000396. The molecule has 2 heterocycles. The first-order chi connectivity index (χ1) is 6.25. The van der Waals surface area contributed by atoms with Crippen molar-refractivity contribution >= 4 is 28.4 Å². The van der Waals surface area contributed by atoms with E-state index in [1.165, 1.54) is 6.42 Å². The summed E-state index contributed by atoms with van der Waals surface area (Å²) in [6.45, 7) is 4.48. The van der Waals surface area contributed by atoms with Crippen LogP contribution in [0.15, 0.2) is 0 Å². The number of fused-ring (bicyclic) bond motifs is 2. The summed E-state index contributed by atoms with van der Waals surface area (Å²) in [4.78, 5) is 15.1. The minimum atomic E-state index is 0.289. The third kappa shape index (κ3) is 2.89. The van der Waals surface area contributed by atoms with E-state index in [9.17, 15) is 4.79 Å². The van der Waals surface area contributed by atoms with Crippen molar-refractivity contribution in [1.29, 1.82) is 0 Å². The summed E-state index contributed by atoms with van der Waals surface area (Å²) in [5.41, 5.74) is 0. The Labute approximate surface area is 93.4 Å². The number of nitrogens with one attached hydrogen (secondary N) is 1. The molecule has 13 heavy (non-hydrogen) atoms. The zero-order chi connectivity index (χ0) is 9.84. The summed E-state index contributed by atoms with van der Waals surface area (Å²) in [6.07, 6.45) is 1.24. The van der Waals surface area contributed by atoms with Crippen molar-refractivity contribution in [2.24, 2.45) is 0 Å². The second-order valence-corrected chi connectivity index (χ2v) is 3.63. The lowest BCUT2D eigenvalue weighted by Gasteiger charge is -2.25. The quantitative estimate of drug-likeness (QED) is 0.600. The van der Waals surface area contributed by atoms with Gasteiger partial charge < -0.3 is 5.32 Å². The fourth-order valence-electron chi connectivity index (χ4n) is 2.13. The number of likely N-dealkylation sites (tertiary alicyclic amines) is 1. The maximum Gasteiger partial charge on any atom is 0.143 e. The summed E-state index contributed by atoms with van der Waals surface area (Å²) in [5, 5.41) is 3.41. The van der Waals surface area contributed by atoms with Gasteiger partial charge in [0.25, 0.3) is 0 Å². The van der Waals surface area contributed by atoms with Crippen LogP contribution in [0.3, 0.4) is 0 Å². The Kier molecular flexibility index (Phi) is 4.61. The van der Waals surface area contributed by atoms with Gasteiger partial charge in [0.1, 0.15) is 5.78 Å². The summed E-state index contributed by atoms with van der Waals surface area (Å²) < 4.78 is 0. The fourth-order valence-corrected chi connectivity index (χ4v) is 2.13. The standard InChI is InChI=1S/C8H14N2O.CH3I/c1-6(11)4-10-5-7-2-8(10)3-9-7;1-2/h7-9H,2-5H2,1H3;1H3. The van der Waals surface area contributed by atoms with Crippen LogP contribution in [0.25, 0.3) is 0 Å². The van der Waals surface area contributed by atoms with E-state index in [0.29, 0.717) is 18.6 Å². The highest BCUT2D eigenvalue weighted by molar-refractivity contribution is 14.1. The smallest absolute Gasteiger partial charge is 0.143 e. The highest BCUT2D eigenvalue weighted by Crippen LogP contribution is 2.22. The van der Waals surface area contributed by atoms with Gasteiger partial charge in [0, 0.05) is 25.2 Å². The molecule has 2 aliphatic rings. The minimum absolute atomic E-state index is 0.289. The van der Waals surface area contributed by atoms with Crippen molar-refractivity contribution in [3.8, 4) is 0 Å². The van der Waals surface area contributed by atoms with E-state index >= 15 is 0 Å². The van der Waals surface area contributed by atoms with Gasteiger partial charge in [-0.05, 0) is 18.3 Å². The molecular formula is C9H17IN2O. The molecule has 2 atom stereocenters. The third-order valence-electron chi connectivity index (χ3n) is 2.60. The average molecular weight is 296 g/mol. The number of Topliss-reactive ketones (excluding diaryl/α,β-unsaturated/α-hetero) is 1. The molecule has 0 radical (unpaired) electrons. The van der Waals surface area contributed by atoms with E-state index in [1.807, 2.05) is 4.93 Å². The summed E-state index contributed by atoms with van der Waals surface area (Å²) in [5.74, 6) is 0.289. The van der Waals surface area contributed by atoms with Gasteiger partial charge in [-0.25, -0.2) is 0 Å². The summed E-state index contributed by atoms with van der Waals surface area (Å²) in [7, 11) is 0. The van der Waals surface area contributed by atoms with E-state index < -0.39 is 0 Å². The van der Waals surface area contributed by atoms with Crippen LogP contribution in [0.5, 0.6) is 0 Å². The lowest BCUT2D eigenvalue weighted by atomic mass is 10.2. The highest BCUT2D eigenvalue weighted by atomic mass is 127. The summed E-state index contributed by atoms with van der Waals surface area (Å²) in [6, 6.07) is 1.31. The number of hydrogen-bond acceptors (Lipinski definition) is 3. The molecule has 0 aromatic heterocycles. The van der Waals surface area contributed by atoms with Crippen LogP contribution in [-0.2, 0) is 4.79 Å². The van der Waals surface area contributed by atoms with Crippen LogP contribution in [0, 0.1) is 0 Å². The van der Waals surface area contributed by atoms with E-state index in [2.05, 4.69) is 32.8 Å². The first-order valence-corrected chi connectivity index (χ1v) is 6.76. The minimum Gasteiger partial charge on any atom is -0.311 e. The second-order valence-electron chi connectivity index (χ2n) is 3.63. The number of piperazine rings is 1. The van der Waals surface area contributed by atoms with Gasteiger partial charge in [-0.2, -0.15) is 0 Å². The second kappa shape index (κ2) is 5.26. The molecule has 2 saturated heterocycles. The van der Waals surface area contributed by atoms with Crippen molar-refractivity contribution in [1.82, 2.24) is 10.2 Å². The van der Waals surface area contributed by atoms with Gasteiger partial charge in [-0.15, -0.1) is 0 Å². The lowest BCUT2D eigenvalue weighted by Crippen LogP contribution is -2.45. The van der Waals surface area contributed by atoms with Gasteiger partial charge in [0.15, 0.2) is 0 Å². The molecule has 76 valence electrons. The monoisotopic (exact) mass is 296 g/mol. The normalized spacial score (nSPS) is 31.3. The van der Waals surface area contributed by atoms with Crippen LogP contribution in [0.4, 0.5) is 0 Å². The summed E-state index contributed by atoms with van der Waals surface area (Å²) >= 11 is 2.15. The molecule has 3 nitrogen and oxygen atoms in total. The van der Waals surface area contributed by atoms with Crippen LogP contribution in [0.1, 0.15) is 13.3 Å². The molecule has 0 aromatic carbocycles. The van der Waals surface area contributed by atoms with E-state index in [1.54, 1.807) is 6.92 Å². The van der Waals surface area contributed by atoms with Crippen molar-refractivity contribution < 1.29 is 4.79 Å². The Morgan fingerprint density at radius 1 is 1.62 bits per heavy atom. The molecule has 0 aromatic rings. The molecule has 0 amide bonds. The molecule has 2 bridgehead atoms. The molecule has 2 rings (SSSR count). The fraction of sp³-hybridized carbons (Fsp3) is 0.889. The van der Waals surface area contributed by atoms with Crippen molar-refractivity contribution in [3.05, 3.63) is 0 Å². The molecule has 1 N–H and O–H groups in total. The van der Waals surface area contributed by atoms with Gasteiger partial charge in [-0.1, -0.05) is 22.6 Å².